The molecule has 2 aromatic rings. The van der Waals surface area contributed by atoms with Gasteiger partial charge in [-0.3, -0.25) is 4.79 Å². The van der Waals surface area contributed by atoms with Crippen LogP contribution in [0.3, 0.4) is 0 Å². The monoisotopic (exact) mass is 222 g/mol. The lowest BCUT2D eigenvalue weighted by Gasteiger charge is -2.00. The molecule has 0 atom stereocenters. The van der Waals surface area contributed by atoms with Crippen molar-refractivity contribution < 1.29 is 18.3 Å². The predicted octanol–water partition coefficient (Wildman–Crippen LogP) is 2.68. The summed E-state index contributed by atoms with van der Waals surface area (Å²) in [5, 5.41) is 0.357. The molecule has 0 N–H and O–H groups in total. The summed E-state index contributed by atoms with van der Waals surface area (Å²) in [5.41, 5.74) is 0.964. The van der Waals surface area contributed by atoms with E-state index in [1.54, 1.807) is 19.1 Å². The zero-order chi connectivity index (χ0) is 11.5. The van der Waals surface area contributed by atoms with Crippen molar-refractivity contribution in [2.45, 2.75) is 13.3 Å². The van der Waals surface area contributed by atoms with E-state index in [2.05, 4.69) is 0 Å². The van der Waals surface area contributed by atoms with E-state index in [9.17, 15) is 9.18 Å². The first-order chi connectivity index (χ1) is 7.72. The predicted molar refractivity (Wildman–Crippen MR) is 56.5 cm³/mol. The molecule has 1 heterocycles. The van der Waals surface area contributed by atoms with E-state index < -0.39 is 0 Å². The molecular formula is C12H11FO3. The van der Waals surface area contributed by atoms with Crippen molar-refractivity contribution in [1.29, 1.82) is 0 Å². The summed E-state index contributed by atoms with van der Waals surface area (Å²) in [6.45, 7) is 2.04. The van der Waals surface area contributed by atoms with E-state index in [1.165, 1.54) is 12.3 Å². The Morgan fingerprint density at radius 1 is 1.50 bits per heavy atom. The van der Waals surface area contributed by atoms with E-state index >= 15 is 0 Å². The summed E-state index contributed by atoms with van der Waals surface area (Å²) < 4.78 is 23.5. The van der Waals surface area contributed by atoms with Gasteiger partial charge in [0.15, 0.2) is 0 Å². The largest absolute Gasteiger partial charge is 0.466 e. The average Bonchev–Trinajstić information content (AvgIpc) is 2.63. The molecule has 0 aliphatic heterocycles. The van der Waals surface area contributed by atoms with Crippen molar-refractivity contribution in [2.75, 3.05) is 6.61 Å². The topological polar surface area (TPSA) is 39.4 Å². The van der Waals surface area contributed by atoms with Crippen LogP contribution in [-0.2, 0) is 16.0 Å². The lowest BCUT2D eigenvalue weighted by Crippen LogP contribution is -2.07. The number of furan rings is 1. The van der Waals surface area contributed by atoms with Gasteiger partial charge in [-0.1, -0.05) is 6.07 Å². The lowest BCUT2D eigenvalue weighted by atomic mass is 10.1. The minimum atomic E-state index is -0.384. The number of hydrogen-bond donors (Lipinski definition) is 0. The highest BCUT2D eigenvalue weighted by Crippen LogP contribution is 2.24. The third-order valence-corrected chi connectivity index (χ3v) is 2.26. The zero-order valence-electron chi connectivity index (χ0n) is 8.83. The molecule has 1 aromatic heterocycles. The van der Waals surface area contributed by atoms with Crippen LogP contribution in [0.2, 0.25) is 0 Å². The number of rotatable bonds is 3. The quantitative estimate of drug-likeness (QED) is 0.749. The minimum Gasteiger partial charge on any atom is -0.466 e. The number of hydrogen-bond acceptors (Lipinski definition) is 3. The molecule has 0 fully saturated rings. The Labute approximate surface area is 91.8 Å². The highest BCUT2D eigenvalue weighted by atomic mass is 19.1. The van der Waals surface area contributed by atoms with E-state index in [0.29, 0.717) is 23.1 Å². The minimum absolute atomic E-state index is 0.0295. The molecule has 0 radical (unpaired) electrons. The maximum Gasteiger partial charge on any atom is 0.310 e. The summed E-state index contributed by atoms with van der Waals surface area (Å²) in [6.07, 6.45) is 1.42. The van der Waals surface area contributed by atoms with Crippen LogP contribution in [0.4, 0.5) is 4.39 Å². The van der Waals surface area contributed by atoms with Crippen LogP contribution >= 0.6 is 0 Å². The van der Waals surface area contributed by atoms with Crippen LogP contribution in [-0.4, -0.2) is 12.6 Å². The second-order valence-electron chi connectivity index (χ2n) is 3.36. The normalized spacial score (nSPS) is 10.6. The van der Waals surface area contributed by atoms with Crippen LogP contribution in [0.5, 0.6) is 0 Å². The Morgan fingerprint density at radius 3 is 3.06 bits per heavy atom. The van der Waals surface area contributed by atoms with Gasteiger partial charge in [0.1, 0.15) is 11.4 Å². The maximum absolute atomic E-state index is 13.5. The molecule has 0 amide bonds. The number of carbonyl (C=O) groups excluding carboxylic acids is 1. The van der Waals surface area contributed by atoms with Crippen LogP contribution in [0.1, 0.15) is 12.5 Å². The van der Waals surface area contributed by atoms with Gasteiger partial charge in [0.05, 0.1) is 24.7 Å². The van der Waals surface area contributed by atoms with Crippen molar-refractivity contribution in [3.63, 3.8) is 0 Å². The van der Waals surface area contributed by atoms with Crippen molar-refractivity contribution in [2.24, 2.45) is 0 Å². The second kappa shape index (κ2) is 4.35. The molecular weight excluding hydrogens is 211 g/mol. The fourth-order valence-corrected chi connectivity index (χ4v) is 1.61. The Balaban J connectivity index is 2.34. The Bertz CT molecular complexity index is 516. The Hall–Kier alpha value is -1.84. The molecule has 4 heteroatoms. The van der Waals surface area contributed by atoms with Crippen LogP contribution in [0.15, 0.2) is 28.9 Å². The highest BCUT2D eigenvalue weighted by molar-refractivity contribution is 5.86. The van der Waals surface area contributed by atoms with Gasteiger partial charge in [-0.05, 0) is 19.1 Å². The molecule has 84 valence electrons. The van der Waals surface area contributed by atoms with Crippen molar-refractivity contribution >= 4 is 16.9 Å². The summed E-state index contributed by atoms with van der Waals surface area (Å²) in [7, 11) is 0. The van der Waals surface area contributed by atoms with Gasteiger partial charge in [-0.15, -0.1) is 0 Å². The Kier molecular flexibility index (Phi) is 2.90. The molecule has 0 aliphatic rings. The number of carbonyl (C=O) groups is 1. The van der Waals surface area contributed by atoms with Crippen LogP contribution in [0, 0.1) is 5.82 Å². The van der Waals surface area contributed by atoms with Crippen molar-refractivity contribution in [1.82, 2.24) is 0 Å². The number of esters is 1. The fourth-order valence-electron chi connectivity index (χ4n) is 1.61. The molecule has 0 spiro atoms. The van der Waals surface area contributed by atoms with Gasteiger partial charge in [-0.2, -0.15) is 0 Å². The molecule has 3 nitrogen and oxygen atoms in total. The Morgan fingerprint density at radius 2 is 2.31 bits per heavy atom. The maximum atomic E-state index is 13.5. The summed E-state index contributed by atoms with van der Waals surface area (Å²) >= 11 is 0. The first-order valence-corrected chi connectivity index (χ1v) is 5.02. The standard InChI is InChI=1S/C12H11FO3/c1-2-15-11(14)6-8-7-16-10-5-3-4-9(13)12(8)10/h3-5,7H,2,6H2,1H3. The fraction of sp³-hybridized carbons (Fsp3) is 0.250. The summed E-state index contributed by atoms with van der Waals surface area (Å²) in [5.74, 6) is -0.765. The first kappa shape index (κ1) is 10.7. The molecule has 0 bridgehead atoms. The lowest BCUT2D eigenvalue weighted by molar-refractivity contribution is -0.142. The van der Waals surface area contributed by atoms with Crippen molar-refractivity contribution in [3.05, 3.63) is 35.8 Å². The zero-order valence-corrected chi connectivity index (χ0v) is 8.83. The molecule has 0 saturated heterocycles. The molecule has 2 rings (SSSR count). The number of halogens is 1. The van der Waals surface area contributed by atoms with Crippen LogP contribution < -0.4 is 0 Å². The third-order valence-electron chi connectivity index (χ3n) is 2.26. The number of fused-ring (bicyclic) bond motifs is 1. The SMILES string of the molecule is CCOC(=O)Cc1coc2cccc(F)c12. The number of benzene rings is 1. The molecule has 0 saturated carbocycles. The van der Waals surface area contributed by atoms with Gasteiger partial charge in [0, 0.05) is 5.56 Å². The molecule has 1 aromatic carbocycles. The van der Waals surface area contributed by atoms with Crippen molar-refractivity contribution in [3.8, 4) is 0 Å². The van der Waals surface area contributed by atoms with Crippen LogP contribution in [0.25, 0.3) is 11.0 Å². The van der Waals surface area contributed by atoms with Gasteiger partial charge < -0.3 is 9.15 Å². The summed E-state index contributed by atoms with van der Waals surface area (Å²) in [4.78, 5) is 11.3. The summed E-state index contributed by atoms with van der Waals surface area (Å²) in [6, 6.07) is 4.56. The highest BCUT2D eigenvalue weighted by Gasteiger charge is 2.13. The van der Waals surface area contributed by atoms with E-state index in [4.69, 9.17) is 9.15 Å². The smallest absolute Gasteiger partial charge is 0.310 e. The molecule has 0 unspecified atom stereocenters. The van der Waals surface area contributed by atoms with E-state index in [0.717, 1.165) is 0 Å². The van der Waals surface area contributed by atoms with Gasteiger partial charge in [-0.25, -0.2) is 4.39 Å². The van der Waals surface area contributed by atoms with E-state index in [1.807, 2.05) is 0 Å². The van der Waals surface area contributed by atoms with Gasteiger partial charge in [0.25, 0.3) is 0 Å². The average molecular weight is 222 g/mol. The molecule has 0 aliphatic carbocycles. The van der Waals surface area contributed by atoms with E-state index in [-0.39, 0.29) is 18.2 Å². The second-order valence-corrected chi connectivity index (χ2v) is 3.36. The van der Waals surface area contributed by atoms with Gasteiger partial charge in [0.2, 0.25) is 0 Å². The van der Waals surface area contributed by atoms with Gasteiger partial charge >= 0.3 is 5.97 Å². The number of ether oxygens (including phenoxy) is 1. The first-order valence-electron chi connectivity index (χ1n) is 5.02. The molecule has 16 heavy (non-hydrogen) atoms. The third kappa shape index (κ3) is 1.91.